The lowest BCUT2D eigenvalue weighted by Crippen LogP contribution is -2.44. The van der Waals surface area contributed by atoms with Crippen molar-refractivity contribution in [2.24, 2.45) is 17.8 Å². The van der Waals surface area contributed by atoms with Gasteiger partial charge in [0.25, 0.3) is 0 Å². The van der Waals surface area contributed by atoms with Crippen molar-refractivity contribution < 1.29 is 0 Å². The van der Waals surface area contributed by atoms with E-state index < -0.39 is 0 Å². The Kier molecular flexibility index (Phi) is 4.07. The molecule has 3 aromatic rings. The maximum atomic E-state index is 3.79. The third-order valence-electron chi connectivity index (χ3n) is 8.04. The summed E-state index contributed by atoms with van der Waals surface area (Å²) in [6.45, 7) is 2.48. The molecule has 146 valence electrons. The smallest absolute Gasteiger partial charge is 0.0244 e. The number of fused-ring (bicyclic) bond motifs is 8. The van der Waals surface area contributed by atoms with E-state index in [0.717, 1.165) is 17.8 Å². The lowest BCUT2D eigenvalue weighted by molar-refractivity contribution is 0.0855. The Morgan fingerprint density at radius 3 is 2.52 bits per heavy atom. The molecule has 0 nitrogen and oxygen atoms in total. The van der Waals surface area contributed by atoms with Crippen LogP contribution >= 0.6 is 15.9 Å². The highest BCUT2D eigenvalue weighted by Gasteiger charge is 2.53. The standard InChI is InChI=1S/C28H27Br/c1-18-13-19-11-12-28(22(14-18)15-19)26-10-7-21(20-5-3-2-4-6-20)16-25(26)24-9-8-23(29)17-27(24)28/h2-10,16-19,22H,11-15H2,1H3. The van der Waals surface area contributed by atoms with Crippen LogP contribution in [0.2, 0.25) is 0 Å². The molecular formula is C28H27Br. The largest absolute Gasteiger partial charge is 0.0625 e. The summed E-state index contributed by atoms with van der Waals surface area (Å²) >= 11 is 3.79. The quantitative estimate of drug-likeness (QED) is 0.355. The highest BCUT2D eigenvalue weighted by Crippen LogP contribution is 2.62. The first-order valence-corrected chi connectivity index (χ1v) is 11.9. The third-order valence-corrected chi connectivity index (χ3v) is 8.54. The van der Waals surface area contributed by atoms with Gasteiger partial charge in [-0.3, -0.25) is 0 Å². The van der Waals surface area contributed by atoms with Crippen LogP contribution < -0.4 is 0 Å². The fraction of sp³-hybridized carbons (Fsp3) is 0.357. The summed E-state index contributed by atoms with van der Waals surface area (Å²) in [6, 6.07) is 25.2. The summed E-state index contributed by atoms with van der Waals surface area (Å²) in [5, 5.41) is 0. The normalized spacial score (nSPS) is 29.5. The minimum Gasteiger partial charge on any atom is -0.0625 e. The SMILES string of the molecule is CC1CC2CCC3(c4ccc(-c5ccccc5)cc4-c4ccc(Br)cc43)C(C1)C2. The van der Waals surface area contributed by atoms with Crippen molar-refractivity contribution in [3.63, 3.8) is 0 Å². The molecule has 0 heterocycles. The summed E-state index contributed by atoms with van der Waals surface area (Å²) in [4.78, 5) is 0. The fourth-order valence-corrected chi connectivity index (χ4v) is 7.32. The molecule has 0 saturated heterocycles. The molecule has 3 aliphatic rings. The van der Waals surface area contributed by atoms with Crippen molar-refractivity contribution in [1.29, 1.82) is 0 Å². The van der Waals surface area contributed by atoms with Crippen LogP contribution in [0.3, 0.4) is 0 Å². The average molecular weight is 443 g/mol. The molecule has 1 spiro atoms. The van der Waals surface area contributed by atoms with Crippen molar-refractivity contribution >= 4 is 15.9 Å². The van der Waals surface area contributed by atoms with Gasteiger partial charge in [0.05, 0.1) is 0 Å². The van der Waals surface area contributed by atoms with Gasteiger partial charge in [-0.2, -0.15) is 0 Å². The summed E-state index contributed by atoms with van der Waals surface area (Å²) in [6.07, 6.45) is 6.93. The van der Waals surface area contributed by atoms with Crippen molar-refractivity contribution in [2.75, 3.05) is 0 Å². The molecule has 4 atom stereocenters. The Morgan fingerprint density at radius 2 is 1.66 bits per heavy atom. The number of hydrogen-bond acceptors (Lipinski definition) is 0. The van der Waals surface area contributed by atoms with E-state index in [1.807, 2.05) is 0 Å². The van der Waals surface area contributed by atoms with Crippen LogP contribution in [0, 0.1) is 17.8 Å². The van der Waals surface area contributed by atoms with Gasteiger partial charge in [-0.1, -0.05) is 71.4 Å². The Morgan fingerprint density at radius 1 is 0.793 bits per heavy atom. The number of rotatable bonds is 1. The molecule has 2 fully saturated rings. The Hall–Kier alpha value is -1.86. The van der Waals surface area contributed by atoms with Crippen molar-refractivity contribution in [2.45, 2.75) is 44.4 Å². The van der Waals surface area contributed by atoms with Crippen LogP contribution in [-0.4, -0.2) is 0 Å². The van der Waals surface area contributed by atoms with E-state index in [1.165, 1.54) is 58.8 Å². The molecule has 4 unspecified atom stereocenters. The van der Waals surface area contributed by atoms with E-state index in [0.29, 0.717) is 0 Å². The van der Waals surface area contributed by atoms with Crippen LogP contribution in [0.25, 0.3) is 22.3 Å². The second-order valence-corrected chi connectivity index (χ2v) is 10.6. The average Bonchev–Trinajstić information content (AvgIpc) is 3.01. The van der Waals surface area contributed by atoms with E-state index in [4.69, 9.17) is 0 Å². The minimum atomic E-state index is 0.217. The first kappa shape index (κ1) is 18.0. The van der Waals surface area contributed by atoms with Gasteiger partial charge < -0.3 is 0 Å². The first-order valence-electron chi connectivity index (χ1n) is 11.2. The zero-order valence-electron chi connectivity index (χ0n) is 17.0. The summed E-state index contributed by atoms with van der Waals surface area (Å²) < 4.78 is 1.22. The number of hydrogen-bond donors (Lipinski definition) is 0. The predicted octanol–water partition coefficient (Wildman–Crippen LogP) is 8.23. The minimum absolute atomic E-state index is 0.217. The molecule has 3 aromatic carbocycles. The van der Waals surface area contributed by atoms with Crippen LogP contribution in [0.5, 0.6) is 0 Å². The van der Waals surface area contributed by atoms with Crippen molar-refractivity contribution in [3.8, 4) is 22.3 Å². The van der Waals surface area contributed by atoms with Gasteiger partial charge >= 0.3 is 0 Å². The van der Waals surface area contributed by atoms with Crippen LogP contribution in [0.15, 0.2) is 71.2 Å². The van der Waals surface area contributed by atoms with Gasteiger partial charge in [0.15, 0.2) is 0 Å². The zero-order chi connectivity index (χ0) is 19.6. The first-order chi connectivity index (χ1) is 14.1. The molecule has 6 rings (SSSR count). The van der Waals surface area contributed by atoms with E-state index >= 15 is 0 Å². The lowest BCUT2D eigenvalue weighted by atomic mass is 9.53. The second kappa shape index (κ2) is 6.57. The fourth-order valence-electron chi connectivity index (χ4n) is 6.96. The van der Waals surface area contributed by atoms with E-state index in [1.54, 1.807) is 11.1 Å². The molecule has 0 aliphatic heterocycles. The summed E-state index contributed by atoms with van der Waals surface area (Å²) in [5.74, 6) is 2.58. The highest BCUT2D eigenvalue weighted by molar-refractivity contribution is 9.10. The van der Waals surface area contributed by atoms with Crippen LogP contribution in [0.4, 0.5) is 0 Å². The van der Waals surface area contributed by atoms with Gasteiger partial charge in [-0.25, -0.2) is 0 Å². The van der Waals surface area contributed by atoms with Crippen LogP contribution in [0.1, 0.15) is 50.2 Å². The van der Waals surface area contributed by atoms with Crippen LogP contribution in [-0.2, 0) is 5.41 Å². The number of halogens is 1. The summed E-state index contributed by atoms with van der Waals surface area (Å²) in [5.41, 5.74) is 9.00. The maximum Gasteiger partial charge on any atom is 0.0244 e. The van der Waals surface area contributed by atoms with Gasteiger partial charge in [-0.05, 0) is 101 Å². The van der Waals surface area contributed by atoms with E-state index in [2.05, 4.69) is 89.6 Å². The third kappa shape index (κ3) is 2.63. The molecule has 2 saturated carbocycles. The van der Waals surface area contributed by atoms with Gasteiger partial charge in [0.1, 0.15) is 0 Å². The molecule has 0 aromatic heterocycles. The second-order valence-electron chi connectivity index (χ2n) is 9.70. The molecule has 29 heavy (non-hydrogen) atoms. The lowest BCUT2D eigenvalue weighted by Gasteiger charge is -2.50. The molecule has 1 heteroatoms. The van der Waals surface area contributed by atoms with Gasteiger partial charge in [-0.15, -0.1) is 0 Å². The molecule has 2 bridgehead atoms. The predicted molar refractivity (Wildman–Crippen MR) is 125 cm³/mol. The molecule has 0 radical (unpaired) electrons. The number of benzene rings is 3. The van der Waals surface area contributed by atoms with Crippen molar-refractivity contribution in [1.82, 2.24) is 0 Å². The summed E-state index contributed by atoms with van der Waals surface area (Å²) in [7, 11) is 0. The van der Waals surface area contributed by atoms with E-state index in [9.17, 15) is 0 Å². The Labute approximate surface area is 182 Å². The van der Waals surface area contributed by atoms with Gasteiger partial charge in [0, 0.05) is 9.89 Å². The highest BCUT2D eigenvalue weighted by atomic mass is 79.9. The molecule has 0 N–H and O–H groups in total. The molecule has 0 amide bonds. The zero-order valence-corrected chi connectivity index (χ0v) is 18.6. The topological polar surface area (TPSA) is 0 Å². The van der Waals surface area contributed by atoms with Crippen molar-refractivity contribution in [3.05, 3.63) is 82.3 Å². The Balaban J connectivity index is 1.58. The Bertz CT molecular complexity index is 1080. The monoisotopic (exact) mass is 442 g/mol. The van der Waals surface area contributed by atoms with Gasteiger partial charge in [0.2, 0.25) is 0 Å². The maximum absolute atomic E-state index is 3.79. The molecule has 3 aliphatic carbocycles. The van der Waals surface area contributed by atoms with E-state index in [-0.39, 0.29) is 5.41 Å². The molecular weight excluding hydrogens is 416 g/mol.